The van der Waals surface area contributed by atoms with Gasteiger partial charge in [-0.1, -0.05) is 111 Å². The van der Waals surface area contributed by atoms with Gasteiger partial charge in [-0.15, -0.1) is 0 Å². The van der Waals surface area contributed by atoms with Gasteiger partial charge in [-0.05, 0) is 93.1 Å². The van der Waals surface area contributed by atoms with Crippen molar-refractivity contribution >= 4 is 11.8 Å². The first-order chi connectivity index (χ1) is 20.0. The largest absolute Gasteiger partial charge is 0.354 e. The van der Waals surface area contributed by atoms with Gasteiger partial charge in [0.2, 0.25) is 11.8 Å². The van der Waals surface area contributed by atoms with Gasteiger partial charge in [0.15, 0.2) is 0 Å². The van der Waals surface area contributed by atoms with Crippen LogP contribution in [0.5, 0.6) is 0 Å². The molecule has 0 spiro atoms. The van der Waals surface area contributed by atoms with E-state index >= 15 is 0 Å². The molecule has 0 saturated heterocycles. The summed E-state index contributed by atoms with van der Waals surface area (Å²) in [7, 11) is 0. The molecule has 0 atom stereocenters. The number of benzene rings is 1. The van der Waals surface area contributed by atoms with Crippen LogP contribution in [0.3, 0.4) is 0 Å². The lowest BCUT2D eigenvalue weighted by Crippen LogP contribution is -2.32. The van der Waals surface area contributed by atoms with Gasteiger partial charge in [-0.2, -0.15) is 0 Å². The third-order valence-corrected chi connectivity index (χ3v) is 8.94. The second-order valence-electron chi connectivity index (χ2n) is 14.3. The van der Waals surface area contributed by atoms with E-state index in [4.69, 9.17) is 0 Å². The van der Waals surface area contributed by atoms with Crippen molar-refractivity contribution in [3.63, 3.8) is 0 Å². The van der Waals surface area contributed by atoms with Gasteiger partial charge in [-0.3, -0.25) is 9.59 Å². The molecule has 42 heavy (non-hydrogen) atoms. The summed E-state index contributed by atoms with van der Waals surface area (Å²) in [5.41, 5.74) is 2.94. The Hall–Kier alpha value is -1.84. The quantitative estimate of drug-likeness (QED) is 0.180. The fourth-order valence-electron chi connectivity index (χ4n) is 6.52. The maximum absolute atomic E-state index is 11.9. The summed E-state index contributed by atoms with van der Waals surface area (Å²) in [5, 5.41) is 5.97. The van der Waals surface area contributed by atoms with Crippen molar-refractivity contribution in [1.82, 2.24) is 10.6 Å². The van der Waals surface area contributed by atoms with Crippen molar-refractivity contribution in [2.24, 2.45) is 23.2 Å². The van der Waals surface area contributed by atoms with Crippen LogP contribution < -0.4 is 10.6 Å². The molecule has 2 rings (SSSR count). The van der Waals surface area contributed by atoms with Crippen molar-refractivity contribution in [2.75, 3.05) is 0 Å². The molecular formula is C38H68N2O2. The van der Waals surface area contributed by atoms with Crippen LogP contribution in [0, 0.1) is 23.2 Å². The monoisotopic (exact) mass is 585 g/mol. The Morgan fingerprint density at radius 3 is 2.10 bits per heavy atom. The maximum atomic E-state index is 11.9. The zero-order valence-corrected chi connectivity index (χ0v) is 29.0. The number of nitrogens with one attached hydrogen (secondary N) is 2. The summed E-state index contributed by atoms with van der Waals surface area (Å²) < 4.78 is 0. The molecule has 0 radical (unpaired) electrons. The average Bonchev–Trinajstić information content (AvgIpc) is 2.92. The molecule has 2 amide bonds. The van der Waals surface area contributed by atoms with Crippen molar-refractivity contribution in [3.05, 3.63) is 35.4 Å². The van der Waals surface area contributed by atoms with E-state index in [0.29, 0.717) is 30.7 Å². The minimum Gasteiger partial charge on any atom is -0.354 e. The van der Waals surface area contributed by atoms with Gasteiger partial charge in [0.25, 0.3) is 0 Å². The summed E-state index contributed by atoms with van der Waals surface area (Å²) in [6, 6.07) is 8.74. The Morgan fingerprint density at radius 1 is 0.881 bits per heavy atom. The first-order valence-corrected chi connectivity index (χ1v) is 17.6. The smallest absolute Gasteiger partial charge is 0.220 e. The molecule has 4 heteroatoms. The summed E-state index contributed by atoms with van der Waals surface area (Å²) in [6.07, 6.45) is 19.6. The highest BCUT2D eigenvalue weighted by Crippen LogP contribution is 2.43. The molecule has 0 aliphatic heterocycles. The third kappa shape index (κ3) is 18.0. The highest BCUT2D eigenvalue weighted by atomic mass is 16.2. The molecule has 0 bridgehead atoms. The van der Waals surface area contributed by atoms with Crippen molar-refractivity contribution in [2.45, 2.75) is 171 Å². The van der Waals surface area contributed by atoms with E-state index in [2.05, 4.69) is 69.5 Å². The van der Waals surface area contributed by atoms with Crippen LogP contribution in [-0.2, 0) is 22.6 Å². The second-order valence-corrected chi connectivity index (χ2v) is 14.3. The van der Waals surface area contributed by atoms with E-state index in [9.17, 15) is 9.59 Å². The zero-order chi connectivity index (χ0) is 31.4. The molecule has 1 fully saturated rings. The fraction of sp³-hybridized carbons (Fsp3) is 0.789. The molecule has 1 aromatic rings. The predicted molar refractivity (Wildman–Crippen MR) is 181 cm³/mol. The van der Waals surface area contributed by atoms with E-state index in [0.717, 1.165) is 31.1 Å². The topological polar surface area (TPSA) is 58.2 Å². The SMILES string of the molecule is CCCC(=O)NCc1cccc(CC(C)C)c1.CCCC(CCC)CCCC1CCC(C)(CCC(=O)NC(C)C)CC1. The van der Waals surface area contributed by atoms with Gasteiger partial charge in [0.1, 0.15) is 0 Å². The zero-order valence-electron chi connectivity index (χ0n) is 29.0. The Kier molecular flexibility index (Phi) is 19.8. The van der Waals surface area contributed by atoms with E-state index in [1.54, 1.807) is 0 Å². The molecule has 0 heterocycles. The Balaban J connectivity index is 0.000000452. The molecule has 2 N–H and O–H groups in total. The lowest BCUT2D eigenvalue weighted by atomic mass is 9.68. The van der Waals surface area contributed by atoms with Gasteiger partial charge >= 0.3 is 0 Å². The summed E-state index contributed by atoms with van der Waals surface area (Å²) in [6.45, 7) is 18.2. The number of amides is 2. The summed E-state index contributed by atoms with van der Waals surface area (Å²) in [5.74, 6) is 2.96. The van der Waals surface area contributed by atoms with Crippen molar-refractivity contribution in [1.29, 1.82) is 0 Å². The van der Waals surface area contributed by atoms with Gasteiger partial charge in [0.05, 0.1) is 0 Å². The van der Waals surface area contributed by atoms with E-state index in [1.165, 1.54) is 81.8 Å². The normalized spacial score (nSPS) is 18.6. The third-order valence-electron chi connectivity index (χ3n) is 8.94. The predicted octanol–water partition coefficient (Wildman–Crippen LogP) is 10.2. The first-order valence-electron chi connectivity index (χ1n) is 17.6. The van der Waals surface area contributed by atoms with Crippen LogP contribution in [0.1, 0.15) is 163 Å². The molecule has 0 unspecified atom stereocenters. The van der Waals surface area contributed by atoms with Crippen molar-refractivity contribution < 1.29 is 9.59 Å². The van der Waals surface area contributed by atoms with Crippen LogP contribution in [0.2, 0.25) is 0 Å². The number of carbonyl (C=O) groups is 2. The van der Waals surface area contributed by atoms with Gasteiger partial charge < -0.3 is 10.6 Å². The molecule has 0 aromatic heterocycles. The molecule has 4 nitrogen and oxygen atoms in total. The summed E-state index contributed by atoms with van der Waals surface area (Å²) >= 11 is 0. The highest BCUT2D eigenvalue weighted by molar-refractivity contribution is 5.76. The molecular weight excluding hydrogens is 516 g/mol. The Morgan fingerprint density at radius 2 is 1.52 bits per heavy atom. The van der Waals surface area contributed by atoms with Crippen LogP contribution in [0.15, 0.2) is 24.3 Å². The molecule has 1 aromatic carbocycles. The highest BCUT2D eigenvalue weighted by Gasteiger charge is 2.31. The fourth-order valence-corrected chi connectivity index (χ4v) is 6.52. The van der Waals surface area contributed by atoms with E-state index < -0.39 is 0 Å². The average molecular weight is 585 g/mol. The Bertz CT molecular complexity index is 848. The standard InChI is InChI=1S/C23H45NO.C15H23NO/c1-6-9-20(10-7-2)11-8-12-21-13-16-23(5,17-14-21)18-15-22(25)24-19(3)4;1-4-6-15(17)16-11-14-8-5-7-13(10-14)9-12(2)3/h19-21H,6-18H2,1-5H3,(H,24,25);5,7-8,10,12H,4,6,9,11H2,1-3H3,(H,16,17). The maximum Gasteiger partial charge on any atom is 0.220 e. The molecule has 242 valence electrons. The minimum absolute atomic E-state index is 0.141. The van der Waals surface area contributed by atoms with Crippen LogP contribution in [0.4, 0.5) is 0 Å². The van der Waals surface area contributed by atoms with Gasteiger partial charge in [0, 0.05) is 25.4 Å². The lowest BCUT2D eigenvalue weighted by Gasteiger charge is -2.37. The van der Waals surface area contributed by atoms with Crippen LogP contribution in [0.25, 0.3) is 0 Å². The van der Waals surface area contributed by atoms with Crippen LogP contribution >= 0.6 is 0 Å². The Labute approximate surface area is 261 Å². The number of rotatable bonds is 18. The second kappa shape index (κ2) is 21.8. The molecule has 1 aliphatic carbocycles. The lowest BCUT2D eigenvalue weighted by molar-refractivity contribution is -0.122. The molecule has 1 aliphatic rings. The van der Waals surface area contributed by atoms with Crippen LogP contribution in [-0.4, -0.2) is 17.9 Å². The molecule has 1 saturated carbocycles. The van der Waals surface area contributed by atoms with Gasteiger partial charge in [-0.25, -0.2) is 0 Å². The number of hydrogen-bond donors (Lipinski definition) is 2. The van der Waals surface area contributed by atoms with Crippen molar-refractivity contribution in [3.8, 4) is 0 Å². The number of hydrogen-bond acceptors (Lipinski definition) is 2. The number of carbonyl (C=O) groups excluding carboxylic acids is 2. The minimum atomic E-state index is 0.141. The first kappa shape index (κ1) is 38.2. The van der Waals surface area contributed by atoms with E-state index in [1.807, 2.05) is 20.8 Å². The van der Waals surface area contributed by atoms with E-state index in [-0.39, 0.29) is 17.9 Å². The summed E-state index contributed by atoms with van der Waals surface area (Å²) in [4.78, 5) is 23.3.